The van der Waals surface area contributed by atoms with E-state index < -0.39 is 22.0 Å². The van der Waals surface area contributed by atoms with Gasteiger partial charge in [0.2, 0.25) is 10.0 Å². The van der Waals surface area contributed by atoms with E-state index in [0.717, 1.165) is 12.8 Å². The topological polar surface area (TPSA) is 95.9 Å². The highest BCUT2D eigenvalue weighted by Crippen LogP contribution is 2.27. The Hall–Kier alpha value is -1.64. The Morgan fingerprint density at radius 3 is 2.40 bits per heavy atom. The quantitative estimate of drug-likeness (QED) is 0.626. The molecule has 1 heterocycles. The van der Waals surface area contributed by atoms with E-state index in [1.165, 1.54) is 16.4 Å². The molecule has 1 aromatic rings. The summed E-state index contributed by atoms with van der Waals surface area (Å²) in [6, 6.07) is 5.28. The number of nitrogens with zero attached hydrogens (tertiary/aromatic N) is 1. The van der Waals surface area contributed by atoms with Crippen LogP contribution in [-0.2, 0) is 14.8 Å². The molecule has 0 spiro atoms. The van der Waals surface area contributed by atoms with E-state index in [4.69, 9.17) is 9.94 Å². The molecule has 1 atom stereocenters. The monoisotopic (exact) mass is 370 g/mol. The Balaban J connectivity index is 2.30. The van der Waals surface area contributed by atoms with Crippen molar-refractivity contribution >= 4 is 15.9 Å². The standard InChI is InChI=1S/C17H26N2O5S/c1-17(2,3)24-13-8-10-14(11-9-13)25(22,23)19-12-6-4-5-7-15(19)16(20)18-21/h8-11,15,21H,4-7,12H2,1-3H3,(H,18,20). The van der Waals surface area contributed by atoms with E-state index in [1.807, 2.05) is 20.8 Å². The van der Waals surface area contributed by atoms with Crippen molar-refractivity contribution in [3.8, 4) is 5.75 Å². The van der Waals surface area contributed by atoms with Gasteiger partial charge in [0.1, 0.15) is 17.4 Å². The summed E-state index contributed by atoms with van der Waals surface area (Å²) in [6.45, 7) is 5.98. The van der Waals surface area contributed by atoms with Crippen LogP contribution in [0.3, 0.4) is 0 Å². The van der Waals surface area contributed by atoms with Gasteiger partial charge in [-0.25, -0.2) is 13.9 Å². The number of benzene rings is 1. The average Bonchev–Trinajstić information content (AvgIpc) is 2.79. The third-order valence-corrected chi connectivity index (χ3v) is 5.89. The van der Waals surface area contributed by atoms with E-state index in [-0.39, 0.29) is 17.0 Å². The molecule has 1 saturated heterocycles. The van der Waals surface area contributed by atoms with Crippen LogP contribution in [0.25, 0.3) is 0 Å². The maximum atomic E-state index is 13.0. The third kappa shape index (κ3) is 4.93. The summed E-state index contributed by atoms with van der Waals surface area (Å²) >= 11 is 0. The number of rotatable bonds is 4. The Morgan fingerprint density at radius 2 is 1.84 bits per heavy atom. The first-order chi connectivity index (χ1) is 11.6. The van der Waals surface area contributed by atoms with Gasteiger partial charge in [-0.15, -0.1) is 0 Å². The molecule has 1 aliphatic rings. The van der Waals surface area contributed by atoms with Gasteiger partial charge in [-0.05, 0) is 57.9 Å². The Labute approximate surface area is 149 Å². The van der Waals surface area contributed by atoms with Crippen molar-refractivity contribution < 1.29 is 23.2 Å². The summed E-state index contributed by atoms with van der Waals surface area (Å²) < 4.78 is 32.9. The molecule has 1 aliphatic heterocycles. The molecule has 1 aromatic carbocycles. The maximum absolute atomic E-state index is 13.0. The van der Waals surface area contributed by atoms with E-state index in [0.29, 0.717) is 18.6 Å². The molecule has 1 amide bonds. The first-order valence-electron chi connectivity index (χ1n) is 8.40. The lowest BCUT2D eigenvalue weighted by Crippen LogP contribution is -2.48. The zero-order valence-electron chi connectivity index (χ0n) is 14.9. The van der Waals surface area contributed by atoms with Crippen molar-refractivity contribution in [3.63, 3.8) is 0 Å². The van der Waals surface area contributed by atoms with Crippen molar-refractivity contribution in [1.29, 1.82) is 0 Å². The molecular weight excluding hydrogens is 344 g/mol. The summed E-state index contributed by atoms with van der Waals surface area (Å²) in [5, 5.41) is 8.94. The number of hydrogen-bond donors (Lipinski definition) is 2. The van der Waals surface area contributed by atoms with Crippen molar-refractivity contribution in [2.75, 3.05) is 6.54 Å². The molecule has 1 fully saturated rings. The van der Waals surface area contributed by atoms with Crippen molar-refractivity contribution in [2.24, 2.45) is 0 Å². The predicted octanol–water partition coefficient (Wildman–Crippen LogP) is 2.30. The van der Waals surface area contributed by atoms with Crippen LogP contribution in [0.5, 0.6) is 5.75 Å². The second kappa shape index (κ2) is 7.72. The van der Waals surface area contributed by atoms with Gasteiger partial charge in [0.05, 0.1) is 4.90 Å². The van der Waals surface area contributed by atoms with Crippen LogP contribution in [0.4, 0.5) is 0 Å². The molecular formula is C17H26N2O5S. The molecule has 0 saturated carbocycles. The second-order valence-electron chi connectivity index (χ2n) is 7.14. The minimum atomic E-state index is -3.84. The number of sulfonamides is 1. The predicted molar refractivity (Wildman–Crippen MR) is 92.9 cm³/mol. The molecule has 140 valence electrons. The van der Waals surface area contributed by atoms with Crippen LogP contribution in [0.2, 0.25) is 0 Å². The average molecular weight is 370 g/mol. The Bertz CT molecular complexity index is 695. The first kappa shape index (κ1) is 19.7. The summed E-state index contributed by atoms with van der Waals surface area (Å²) in [4.78, 5) is 12.0. The Morgan fingerprint density at radius 1 is 1.20 bits per heavy atom. The molecule has 25 heavy (non-hydrogen) atoms. The molecule has 1 unspecified atom stereocenters. The SMILES string of the molecule is CC(C)(C)Oc1ccc(S(=O)(=O)N2CCCCCC2C(=O)NO)cc1. The molecule has 8 heteroatoms. The van der Waals surface area contributed by atoms with Crippen LogP contribution in [0.15, 0.2) is 29.2 Å². The number of amides is 1. The van der Waals surface area contributed by atoms with Crippen molar-refractivity contribution in [3.05, 3.63) is 24.3 Å². The van der Waals surface area contributed by atoms with Gasteiger partial charge in [0.25, 0.3) is 5.91 Å². The van der Waals surface area contributed by atoms with Gasteiger partial charge in [-0.1, -0.05) is 12.8 Å². The maximum Gasteiger partial charge on any atom is 0.261 e. The fourth-order valence-corrected chi connectivity index (χ4v) is 4.53. The van der Waals surface area contributed by atoms with Crippen LogP contribution in [0.1, 0.15) is 46.5 Å². The zero-order chi connectivity index (χ0) is 18.7. The minimum Gasteiger partial charge on any atom is -0.488 e. The number of carbonyl (C=O) groups is 1. The van der Waals surface area contributed by atoms with Gasteiger partial charge < -0.3 is 4.74 Å². The third-order valence-electron chi connectivity index (χ3n) is 3.97. The van der Waals surface area contributed by atoms with Gasteiger partial charge in [-0.3, -0.25) is 10.0 Å². The highest BCUT2D eigenvalue weighted by molar-refractivity contribution is 7.89. The number of carbonyl (C=O) groups excluding carboxylic acids is 1. The van der Waals surface area contributed by atoms with E-state index in [9.17, 15) is 13.2 Å². The molecule has 2 N–H and O–H groups in total. The molecule has 0 aliphatic carbocycles. The Kier molecular flexibility index (Phi) is 6.08. The number of hydroxylamine groups is 1. The fourth-order valence-electron chi connectivity index (χ4n) is 2.87. The van der Waals surface area contributed by atoms with Gasteiger partial charge in [0, 0.05) is 6.54 Å². The number of nitrogens with one attached hydrogen (secondary N) is 1. The fraction of sp³-hybridized carbons (Fsp3) is 0.588. The van der Waals surface area contributed by atoms with E-state index >= 15 is 0 Å². The largest absolute Gasteiger partial charge is 0.488 e. The highest BCUT2D eigenvalue weighted by atomic mass is 32.2. The minimum absolute atomic E-state index is 0.103. The summed E-state index contributed by atoms with van der Waals surface area (Å²) in [6.07, 6.45) is 2.65. The zero-order valence-corrected chi connectivity index (χ0v) is 15.7. The normalized spacial score (nSPS) is 19.9. The van der Waals surface area contributed by atoms with Crippen LogP contribution in [0, 0.1) is 0 Å². The molecule has 0 radical (unpaired) electrons. The molecule has 2 rings (SSSR count). The van der Waals surface area contributed by atoms with Gasteiger partial charge >= 0.3 is 0 Å². The van der Waals surface area contributed by atoms with Crippen molar-refractivity contribution in [2.45, 2.75) is 63.0 Å². The lowest BCUT2D eigenvalue weighted by molar-refractivity contribution is -0.133. The lowest BCUT2D eigenvalue weighted by Gasteiger charge is -2.27. The molecule has 7 nitrogen and oxygen atoms in total. The van der Waals surface area contributed by atoms with Gasteiger partial charge in [-0.2, -0.15) is 4.31 Å². The summed E-state index contributed by atoms with van der Waals surface area (Å²) in [5.41, 5.74) is 1.21. The van der Waals surface area contributed by atoms with Crippen LogP contribution < -0.4 is 10.2 Å². The highest BCUT2D eigenvalue weighted by Gasteiger charge is 2.36. The van der Waals surface area contributed by atoms with Crippen LogP contribution in [-0.4, -0.2) is 42.0 Å². The smallest absolute Gasteiger partial charge is 0.261 e. The lowest BCUT2D eigenvalue weighted by atomic mass is 10.1. The summed E-state index contributed by atoms with van der Waals surface area (Å²) in [7, 11) is -3.84. The van der Waals surface area contributed by atoms with E-state index in [2.05, 4.69) is 0 Å². The van der Waals surface area contributed by atoms with Crippen LogP contribution >= 0.6 is 0 Å². The molecule has 0 aromatic heterocycles. The first-order valence-corrected chi connectivity index (χ1v) is 9.84. The number of hydrogen-bond acceptors (Lipinski definition) is 5. The van der Waals surface area contributed by atoms with Gasteiger partial charge in [0.15, 0.2) is 0 Å². The summed E-state index contributed by atoms with van der Waals surface area (Å²) in [5.74, 6) is -0.120. The second-order valence-corrected chi connectivity index (χ2v) is 9.03. The van der Waals surface area contributed by atoms with Crippen molar-refractivity contribution in [1.82, 2.24) is 9.79 Å². The molecule has 0 bridgehead atoms. The van der Waals surface area contributed by atoms with E-state index in [1.54, 1.807) is 17.6 Å². The number of ether oxygens (including phenoxy) is 1.